The molecule has 0 unspecified atom stereocenters. The molecule has 0 bridgehead atoms. The molecule has 2 aromatic rings. The molecule has 2 N–H and O–H groups in total. The maximum Gasteiger partial charge on any atom is 0.259 e. The number of hydrogen-bond acceptors (Lipinski definition) is 3. The van der Waals surface area contributed by atoms with E-state index in [4.69, 9.17) is 9.52 Å². The predicted molar refractivity (Wildman–Crippen MR) is 64.2 cm³/mol. The van der Waals surface area contributed by atoms with E-state index in [0.29, 0.717) is 17.0 Å². The number of phenols is 1. The molecule has 0 saturated heterocycles. The topological polar surface area (TPSA) is 62.5 Å². The summed E-state index contributed by atoms with van der Waals surface area (Å²) in [5.41, 5.74) is 1.99. The molecule has 1 amide bonds. The van der Waals surface area contributed by atoms with E-state index >= 15 is 0 Å². The van der Waals surface area contributed by atoms with E-state index in [9.17, 15) is 4.79 Å². The number of hydrogen-bond donors (Lipinski definition) is 2. The molecule has 0 fully saturated rings. The molecule has 88 valence electrons. The lowest BCUT2D eigenvalue weighted by molar-refractivity contribution is 0.102. The van der Waals surface area contributed by atoms with E-state index in [-0.39, 0.29) is 11.7 Å². The van der Waals surface area contributed by atoms with Crippen molar-refractivity contribution in [1.29, 1.82) is 0 Å². The largest absolute Gasteiger partial charge is 0.508 e. The SMILES string of the molecule is Cc1coc(C)c1C(=O)Nc1ccc(O)cc1. The van der Waals surface area contributed by atoms with Gasteiger partial charge in [0.1, 0.15) is 11.5 Å². The fraction of sp³-hybridized carbons (Fsp3) is 0.154. The number of carbonyl (C=O) groups is 1. The average Bonchev–Trinajstić information content (AvgIpc) is 2.62. The summed E-state index contributed by atoms with van der Waals surface area (Å²) in [5.74, 6) is 0.553. The predicted octanol–water partition coefficient (Wildman–Crippen LogP) is 2.85. The molecule has 0 aliphatic heterocycles. The normalized spacial score (nSPS) is 10.2. The number of amides is 1. The lowest BCUT2D eigenvalue weighted by Crippen LogP contribution is -2.13. The van der Waals surface area contributed by atoms with Crippen molar-refractivity contribution in [1.82, 2.24) is 0 Å². The van der Waals surface area contributed by atoms with Gasteiger partial charge in [-0.1, -0.05) is 0 Å². The van der Waals surface area contributed by atoms with Crippen LogP contribution in [-0.2, 0) is 0 Å². The van der Waals surface area contributed by atoms with E-state index in [2.05, 4.69) is 5.32 Å². The Hall–Kier alpha value is -2.23. The van der Waals surface area contributed by atoms with Crippen molar-refractivity contribution < 1.29 is 14.3 Å². The van der Waals surface area contributed by atoms with Crippen molar-refractivity contribution in [2.24, 2.45) is 0 Å². The van der Waals surface area contributed by atoms with Crippen LogP contribution in [0.5, 0.6) is 5.75 Å². The van der Waals surface area contributed by atoms with Crippen LogP contribution in [0.3, 0.4) is 0 Å². The van der Waals surface area contributed by atoms with Crippen molar-refractivity contribution in [2.75, 3.05) is 5.32 Å². The summed E-state index contributed by atoms with van der Waals surface area (Å²) >= 11 is 0. The van der Waals surface area contributed by atoms with E-state index in [1.807, 2.05) is 6.92 Å². The molecule has 0 spiro atoms. The van der Waals surface area contributed by atoms with Crippen LogP contribution in [0, 0.1) is 13.8 Å². The lowest BCUT2D eigenvalue weighted by atomic mass is 10.1. The summed E-state index contributed by atoms with van der Waals surface area (Å²) < 4.78 is 5.17. The maximum atomic E-state index is 12.0. The minimum absolute atomic E-state index is 0.165. The van der Waals surface area contributed by atoms with Crippen molar-refractivity contribution in [3.05, 3.63) is 47.4 Å². The van der Waals surface area contributed by atoms with Gasteiger partial charge in [-0.3, -0.25) is 4.79 Å². The smallest absolute Gasteiger partial charge is 0.259 e. The van der Waals surface area contributed by atoms with Crippen molar-refractivity contribution in [3.63, 3.8) is 0 Å². The second-order valence-corrected chi connectivity index (χ2v) is 3.85. The highest BCUT2D eigenvalue weighted by Gasteiger charge is 2.15. The first kappa shape index (κ1) is 11.3. The summed E-state index contributed by atoms with van der Waals surface area (Å²) in [6.45, 7) is 3.57. The third kappa shape index (κ3) is 2.30. The zero-order chi connectivity index (χ0) is 12.4. The van der Waals surface area contributed by atoms with Crippen LogP contribution in [0.2, 0.25) is 0 Å². The van der Waals surface area contributed by atoms with Gasteiger partial charge in [0.05, 0.1) is 11.8 Å². The second kappa shape index (κ2) is 4.33. The van der Waals surface area contributed by atoms with Crippen LogP contribution in [0.1, 0.15) is 21.7 Å². The number of furan rings is 1. The summed E-state index contributed by atoms with van der Waals surface area (Å²) in [5, 5.41) is 11.9. The Morgan fingerprint density at radius 3 is 2.41 bits per heavy atom. The number of carbonyl (C=O) groups excluding carboxylic acids is 1. The summed E-state index contributed by atoms with van der Waals surface area (Å²) in [6.07, 6.45) is 1.56. The van der Waals surface area contributed by atoms with Crippen LogP contribution in [0.15, 0.2) is 34.9 Å². The van der Waals surface area contributed by atoms with Gasteiger partial charge in [-0.05, 0) is 38.1 Å². The Morgan fingerprint density at radius 1 is 1.24 bits per heavy atom. The Kier molecular flexibility index (Phi) is 2.87. The molecule has 0 saturated carbocycles. The Balaban J connectivity index is 2.20. The zero-order valence-corrected chi connectivity index (χ0v) is 9.65. The van der Waals surface area contributed by atoms with E-state index < -0.39 is 0 Å². The van der Waals surface area contributed by atoms with Gasteiger partial charge >= 0.3 is 0 Å². The van der Waals surface area contributed by atoms with Gasteiger partial charge in [0.2, 0.25) is 0 Å². The molecule has 0 aliphatic carbocycles. The van der Waals surface area contributed by atoms with Crippen molar-refractivity contribution in [2.45, 2.75) is 13.8 Å². The van der Waals surface area contributed by atoms with Crippen LogP contribution in [0.4, 0.5) is 5.69 Å². The monoisotopic (exact) mass is 231 g/mol. The molecule has 4 nitrogen and oxygen atoms in total. The molecule has 17 heavy (non-hydrogen) atoms. The molecular formula is C13H13NO3. The van der Waals surface area contributed by atoms with Gasteiger partial charge in [0.25, 0.3) is 5.91 Å². The summed E-state index contributed by atoms with van der Waals surface area (Å²) in [4.78, 5) is 12.0. The number of benzene rings is 1. The van der Waals surface area contributed by atoms with Gasteiger partial charge < -0.3 is 14.8 Å². The second-order valence-electron chi connectivity index (χ2n) is 3.85. The van der Waals surface area contributed by atoms with E-state index in [0.717, 1.165) is 5.56 Å². The molecule has 0 aliphatic rings. The van der Waals surface area contributed by atoms with E-state index in [1.165, 1.54) is 12.1 Å². The highest BCUT2D eigenvalue weighted by atomic mass is 16.3. The maximum absolute atomic E-state index is 12.0. The van der Waals surface area contributed by atoms with Gasteiger partial charge in [-0.15, -0.1) is 0 Å². The molecule has 0 radical (unpaired) electrons. The number of rotatable bonds is 2. The summed E-state index contributed by atoms with van der Waals surface area (Å²) in [6, 6.07) is 6.31. The minimum Gasteiger partial charge on any atom is -0.508 e. The molecule has 4 heteroatoms. The Morgan fingerprint density at radius 2 is 1.88 bits per heavy atom. The first-order chi connectivity index (χ1) is 8.08. The summed E-state index contributed by atoms with van der Waals surface area (Å²) in [7, 11) is 0. The van der Waals surface area contributed by atoms with Gasteiger partial charge in [-0.2, -0.15) is 0 Å². The number of phenolic OH excluding ortho intramolecular Hbond substituents is 1. The van der Waals surface area contributed by atoms with Crippen LogP contribution in [0.25, 0.3) is 0 Å². The quantitative estimate of drug-likeness (QED) is 0.781. The van der Waals surface area contributed by atoms with E-state index in [1.54, 1.807) is 25.3 Å². The average molecular weight is 231 g/mol. The third-order valence-corrected chi connectivity index (χ3v) is 2.51. The highest BCUT2D eigenvalue weighted by molar-refractivity contribution is 6.05. The van der Waals surface area contributed by atoms with Crippen LogP contribution in [-0.4, -0.2) is 11.0 Å². The molecular weight excluding hydrogens is 218 g/mol. The molecule has 2 rings (SSSR count). The number of aromatic hydroxyl groups is 1. The van der Waals surface area contributed by atoms with Crippen LogP contribution < -0.4 is 5.32 Å². The minimum atomic E-state index is -0.209. The molecule has 0 atom stereocenters. The van der Waals surface area contributed by atoms with Gasteiger partial charge in [0, 0.05) is 11.3 Å². The molecule has 1 heterocycles. The fourth-order valence-corrected chi connectivity index (χ4v) is 1.65. The van der Waals surface area contributed by atoms with Crippen molar-refractivity contribution >= 4 is 11.6 Å². The Bertz CT molecular complexity index is 521. The lowest BCUT2D eigenvalue weighted by Gasteiger charge is -2.05. The zero-order valence-electron chi connectivity index (χ0n) is 9.65. The number of anilines is 1. The standard InChI is InChI=1S/C13H13NO3/c1-8-7-17-9(2)12(8)13(16)14-10-3-5-11(15)6-4-10/h3-7,15H,1-2H3,(H,14,16). The fourth-order valence-electron chi connectivity index (χ4n) is 1.65. The van der Waals surface area contributed by atoms with Gasteiger partial charge in [0.15, 0.2) is 0 Å². The van der Waals surface area contributed by atoms with Crippen molar-refractivity contribution in [3.8, 4) is 5.75 Å². The Labute approximate surface area is 98.9 Å². The first-order valence-electron chi connectivity index (χ1n) is 5.23. The van der Waals surface area contributed by atoms with Crippen LogP contribution >= 0.6 is 0 Å². The molecule has 1 aromatic heterocycles. The van der Waals surface area contributed by atoms with Gasteiger partial charge in [-0.25, -0.2) is 0 Å². The molecule has 1 aromatic carbocycles. The number of nitrogens with one attached hydrogen (secondary N) is 1. The first-order valence-corrected chi connectivity index (χ1v) is 5.23. The highest BCUT2D eigenvalue weighted by Crippen LogP contribution is 2.19. The third-order valence-electron chi connectivity index (χ3n) is 2.51. The number of aryl methyl sites for hydroxylation is 2.